The van der Waals surface area contributed by atoms with Crippen LogP contribution in [-0.2, 0) is 12.8 Å². The minimum absolute atomic E-state index is 0. The number of nitrogens with one attached hydrogen (secondary N) is 1. The molecule has 0 bridgehead atoms. The Morgan fingerprint density at radius 3 is 2.69 bits per heavy atom. The maximum Gasteiger partial charge on any atom is 0.123 e. The molecule has 13 heavy (non-hydrogen) atoms. The molecule has 3 heteroatoms. The van der Waals surface area contributed by atoms with E-state index in [0.717, 1.165) is 18.4 Å². The number of likely N-dealkylation sites (N-methyl/N-ethyl adjacent to an activating group) is 1. The highest BCUT2D eigenvalue weighted by molar-refractivity contribution is 5.85. The molecule has 1 aromatic carbocycles. The van der Waals surface area contributed by atoms with E-state index >= 15 is 0 Å². The molecule has 0 saturated heterocycles. The van der Waals surface area contributed by atoms with E-state index < -0.39 is 0 Å². The van der Waals surface area contributed by atoms with Crippen molar-refractivity contribution in [1.29, 1.82) is 0 Å². The van der Waals surface area contributed by atoms with E-state index in [-0.39, 0.29) is 18.2 Å². The fourth-order valence-corrected chi connectivity index (χ4v) is 1.79. The molecule has 1 aliphatic rings. The van der Waals surface area contributed by atoms with Gasteiger partial charge in [0.15, 0.2) is 0 Å². The van der Waals surface area contributed by atoms with Gasteiger partial charge >= 0.3 is 0 Å². The van der Waals surface area contributed by atoms with E-state index in [1.54, 1.807) is 6.07 Å². The quantitative estimate of drug-likeness (QED) is 0.732. The molecule has 72 valence electrons. The Morgan fingerprint density at radius 1 is 1.31 bits per heavy atom. The summed E-state index contributed by atoms with van der Waals surface area (Å²) in [7, 11) is 1.95. The van der Waals surface area contributed by atoms with Gasteiger partial charge in [-0.3, -0.25) is 0 Å². The van der Waals surface area contributed by atoms with Crippen LogP contribution in [0.25, 0.3) is 0 Å². The SMILES string of the molecule is CNC1Cc2ccc(F)cc2C1.Cl. The van der Waals surface area contributed by atoms with Crippen LogP contribution in [0.3, 0.4) is 0 Å². The normalized spacial score (nSPS) is 19.4. The van der Waals surface area contributed by atoms with Crippen LogP contribution in [-0.4, -0.2) is 13.1 Å². The maximum atomic E-state index is 12.8. The van der Waals surface area contributed by atoms with Crippen LogP contribution in [0.15, 0.2) is 18.2 Å². The third kappa shape index (κ3) is 2.01. The second-order valence-corrected chi connectivity index (χ2v) is 3.31. The summed E-state index contributed by atoms with van der Waals surface area (Å²) in [5.41, 5.74) is 2.45. The summed E-state index contributed by atoms with van der Waals surface area (Å²) < 4.78 is 12.8. The lowest BCUT2D eigenvalue weighted by molar-refractivity contribution is 0.592. The molecule has 1 N–H and O–H groups in total. The highest BCUT2D eigenvalue weighted by Crippen LogP contribution is 2.22. The fourth-order valence-electron chi connectivity index (χ4n) is 1.79. The summed E-state index contributed by atoms with van der Waals surface area (Å²) in [5, 5.41) is 3.21. The number of hydrogen-bond donors (Lipinski definition) is 1. The Morgan fingerprint density at radius 2 is 2.00 bits per heavy atom. The molecule has 1 atom stereocenters. The molecule has 0 heterocycles. The molecule has 1 aliphatic carbocycles. The van der Waals surface area contributed by atoms with Gasteiger partial charge in [-0.1, -0.05) is 6.07 Å². The van der Waals surface area contributed by atoms with Crippen molar-refractivity contribution < 1.29 is 4.39 Å². The zero-order valence-electron chi connectivity index (χ0n) is 7.51. The summed E-state index contributed by atoms with van der Waals surface area (Å²) in [6.07, 6.45) is 2.00. The molecule has 0 fully saturated rings. The molecule has 0 amide bonds. The first-order valence-corrected chi connectivity index (χ1v) is 4.24. The van der Waals surface area contributed by atoms with Crippen LogP contribution >= 0.6 is 12.4 Å². The van der Waals surface area contributed by atoms with Gasteiger partial charge in [0.25, 0.3) is 0 Å². The summed E-state index contributed by atoms with van der Waals surface area (Å²) in [5.74, 6) is -0.120. The van der Waals surface area contributed by atoms with E-state index in [1.807, 2.05) is 13.1 Å². The Bertz CT molecular complexity index is 301. The standard InChI is InChI=1S/C10H12FN.ClH/c1-12-10-5-7-2-3-9(11)4-8(7)6-10;/h2-4,10,12H,5-6H2,1H3;1H. The average Bonchev–Trinajstić information content (AvgIpc) is 2.46. The first-order valence-electron chi connectivity index (χ1n) is 4.24. The van der Waals surface area contributed by atoms with Crippen molar-refractivity contribution in [2.24, 2.45) is 0 Å². The van der Waals surface area contributed by atoms with Gasteiger partial charge in [0.2, 0.25) is 0 Å². The second-order valence-electron chi connectivity index (χ2n) is 3.31. The molecule has 2 rings (SSSR count). The van der Waals surface area contributed by atoms with Crippen molar-refractivity contribution in [2.45, 2.75) is 18.9 Å². The third-order valence-corrected chi connectivity index (χ3v) is 2.51. The molecule has 1 nitrogen and oxygen atoms in total. The summed E-state index contributed by atoms with van der Waals surface area (Å²) >= 11 is 0. The van der Waals surface area contributed by atoms with Gasteiger partial charge in [-0.2, -0.15) is 0 Å². The van der Waals surface area contributed by atoms with E-state index in [9.17, 15) is 4.39 Å². The van der Waals surface area contributed by atoms with Gasteiger partial charge in [-0.05, 0) is 43.1 Å². The van der Waals surface area contributed by atoms with E-state index in [2.05, 4.69) is 5.32 Å². The van der Waals surface area contributed by atoms with E-state index in [0.29, 0.717) is 6.04 Å². The highest BCUT2D eigenvalue weighted by Gasteiger charge is 2.19. The van der Waals surface area contributed by atoms with Crippen molar-refractivity contribution in [3.8, 4) is 0 Å². The van der Waals surface area contributed by atoms with Crippen LogP contribution in [0.1, 0.15) is 11.1 Å². The Hall–Kier alpha value is -0.600. The lowest BCUT2D eigenvalue weighted by atomic mass is 10.1. The molecule has 0 aromatic heterocycles. The average molecular weight is 202 g/mol. The van der Waals surface area contributed by atoms with E-state index in [1.165, 1.54) is 11.6 Å². The minimum Gasteiger partial charge on any atom is -0.316 e. The first kappa shape index (κ1) is 10.5. The Balaban J connectivity index is 0.000000845. The molecule has 0 spiro atoms. The van der Waals surface area contributed by atoms with Gasteiger partial charge in [0, 0.05) is 6.04 Å². The molecule has 0 aliphatic heterocycles. The first-order chi connectivity index (χ1) is 5.79. The largest absolute Gasteiger partial charge is 0.316 e. The number of rotatable bonds is 1. The number of fused-ring (bicyclic) bond motifs is 1. The number of benzene rings is 1. The van der Waals surface area contributed by atoms with Crippen molar-refractivity contribution in [2.75, 3.05) is 7.05 Å². The van der Waals surface area contributed by atoms with Crippen LogP contribution < -0.4 is 5.32 Å². The highest BCUT2D eigenvalue weighted by atomic mass is 35.5. The monoisotopic (exact) mass is 201 g/mol. The minimum atomic E-state index is -0.120. The predicted molar refractivity (Wildman–Crippen MR) is 53.9 cm³/mol. The number of halogens is 2. The Kier molecular flexibility index (Phi) is 3.28. The van der Waals surface area contributed by atoms with Crippen LogP contribution in [0.5, 0.6) is 0 Å². The summed E-state index contributed by atoms with van der Waals surface area (Å²) in [6.45, 7) is 0. The zero-order chi connectivity index (χ0) is 8.55. The van der Waals surface area contributed by atoms with Crippen LogP contribution in [0, 0.1) is 5.82 Å². The smallest absolute Gasteiger partial charge is 0.123 e. The molecular weight excluding hydrogens is 189 g/mol. The number of hydrogen-bond acceptors (Lipinski definition) is 1. The molecule has 0 saturated carbocycles. The molecular formula is C10H13ClFN. The predicted octanol–water partition coefficient (Wildman–Crippen LogP) is 1.93. The lowest BCUT2D eigenvalue weighted by Gasteiger charge is -2.04. The van der Waals surface area contributed by atoms with Crippen molar-refractivity contribution >= 4 is 12.4 Å². The topological polar surface area (TPSA) is 12.0 Å². The van der Waals surface area contributed by atoms with Gasteiger partial charge in [0.05, 0.1) is 0 Å². The summed E-state index contributed by atoms with van der Waals surface area (Å²) in [4.78, 5) is 0. The van der Waals surface area contributed by atoms with Crippen LogP contribution in [0.2, 0.25) is 0 Å². The fraction of sp³-hybridized carbons (Fsp3) is 0.400. The zero-order valence-corrected chi connectivity index (χ0v) is 8.33. The van der Waals surface area contributed by atoms with Crippen molar-refractivity contribution in [3.05, 3.63) is 35.1 Å². The Labute approximate surface area is 83.8 Å². The molecule has 1 aromatic rings. The maximum absolute atomic E-state index is 12.8. The van der Waals surface area contributed by atoms with E-state index in [4.69, 9.17) is 0 Å². The van der Waals surface area contributed by atoms with Crippen LogP contribution in [0.4, 0.5) is 4.39 Å². The lowest BCUT2D eigenvalue weighted by Crippen LogP contribution is -2.24. The third-order valence-electron chi connectivity index (χ3n) is 2.51. The van der Waals surface area contributed by atoms with Gasteiger partial charge in [-0.25, -0.2) is 4.39 Å². The molecule has 1 unspecified atom stereocenters. The summed E-state index contributed by atoms with van der Waals surface area (Å²) in [6, 6.07) is 5.58. The van der Waals surface area contributed by atoms with Crippen molar-refractivity contribution in [1.82, 2.24) is 5.32 Å². The van der Waals surface area contributed by atoms with Crippen molar-refractivity contribution in [3.63, 3.8) is 0 Å². The van der Waals surface area contributed by atoms with Gasteiger partial charge < -0.3 is 5.32 Å². The second kappa shape index (κ2) is 4.07. The van der Waals surface area contributed by atoms with Gasteiger partial charge in [-0.15, -0.1) is 12.4 Å². The van der Waals surface area contributed by atoms with Gasteiger partial charge in [0.1, 0.15) is 5.82 Å². The molecule has 0 radical (unpaired) electrons.